The quantitative estimate of drug-likeness (QED) is 0.913. The zero-order chi connectivity index (χ0) is 12.0. The number of carboxylic acids is 1. The van der Waals surface area contributed by atoms with Crippen LogP contribution in [0.15, 0.2) is 22.7 Å². The SMILES string of the molecule is O=C(O)C1Cc2cccc(Br)c2OC1C1CC1. The highest BCUT2D eigenvalue weighted by atomic mass is 79.9. The van der Waals surface area contributed by atoms with Gasteiger partial charge in [0.1, 0.15) is 11.9 Å². The van der Waals surface area contributed by atoms with E-state index in [0.29, 0.717) is 12.3 Å². The first-order valence-electron chi connectivity index (χ1n) is 5.83. The molecule has 2 unspecified atom stereocenters. The van der Waals surface area contributed by atoms with Gasteiger partial charge in [-0.2, -0.15) is 0 Å². The molecule has 1 aromatic carbocycles. The summed E-state index contributed by atoms with van der Waals surface area (Å²) in [7, 11) is 0. The minimum Gasteiger partial charge on any atom is -0.488 e. The molecule has 1 saturated carbocycles. The van der Waals surface area contributed by atoms with E-state index in [1.54, 1.807) is 0 Å². The average Bonchev–Trinajstić information content (AvgIpc) is 3.12. The van der Waals surface area contributed by atoms with Crippen molar-refractivity contribution in [1.29, 1.82) is 0 Å². The highest BCUT2D eigenvalue weighted by Crippen LogP contribution is 2.45. The van der Waals surface area contributed by atoms with E-state index in [2.05, 4.69) is 15.9 Å². The van der Waals surface area contributed by atoms with Crippen molar-refractivity contribution in [2.75, 3.05) is 0 Å². The predicted octanol–water partition coefficient (Wildman–Crippen LogP) is 2.86. The molecule has 0 radical (unpaired) electrons. The third kappa shape index (κ3) is 1.95. The maximum atomic E-state index is 11.3. The van der Waals surface area contributed by atoms with Gasteiger partial charge >= 0.3 is 5.97 Å². The molecule has 1 N–H and O–H groups in total. The molecule has 0 bridgehead atoms. The molecule has 1 heterocycles. The second kappa shape index (κ2) is 4.02. The van der Waals surface area contributed by atoms with Crippen LogP contribution in [-0.4, -0.2) is 17.2 Å². The first-order valence-corrected chi connectivity index (χ1v) is 6.63. The Bertz CT molecular complexity index is 468. The smallest absolute Gasteiger partial charge is 0.310 e. The molecule has 1 aliphatic carbocycles. The molecule has 3 rings (SSSR count). The number of hydrogen-bond acceptors (Lipinski definition) is 2. The standard InChI is InChI=1S/C13H13BrO3/c14-10-3-1-2-8-6-9(13(15)16)11(7-4-5-7)17-12(8)10/h1-3,7,9,11H,4-6H2,(H,15,16). The summed E-state index contributed by atoms with van der Waals surface area (Å²) in [6.07, 6.45) is 2.60. The lowest BCUT2D eigenvalue weighted by Gasteiger charge is -2.32. The highest BCUT2D eigenvalue weighted by Gasteiger charge is 2.44. The van der Waals surface area contributed by atoms with Gasteiger partial charge in [-0.15, -0.1) is 0 Å². The number of fused-ring (bicyclic) bond motifs is 1. The minimum atomic E-state index is -0.743. The lowest BCUT2D eigenvalue weighted by atomic mass is 9.88. The summed E-state index contributed by atoms with van der Waals surface area (Å²) in [5.74, 6) is 0.120. The maximum absolute atomic E-state index is 11.3. The van der Waals surface area contributed by atoms with Crippen LogP contribution in [0, 0.1) is 11.8 Å². The fraction of sp³-hybridized carbons (Fsp3) is 0.462. The fourth-order valence-corrected chi connectivity index (χ4v) is 3.00. The molecule has 0 saturated heterocycles. The van der Waals surface area contributed by atoms with Gasteiger partial charge in [0.15, 0.2) is 0 Å². The second-order valence-corrected chi connectivity index (χ2v) is 5.65. The van der Waals surface area contributed by atoms with Gasteiger partial charge in [0, 0.05) is 0 Å². The Labute approximate surface area is 108 Å². The minimum absolute atomic E-state index is 0.154. The molecule has 0 spiro atoms. The Balaban J connectivity index is 1.97. The molecule has 2 aliphatic rings. The second-order valence-electron chi connectivity index (χ2n) is 4.80. The average molecular weight is 297 g/mol. The monoisotopic (exact) mass is 296 g/mol. The van der Waals surface area contributed by atoms with E-state index < -0.39 is 11.9 Å². The number of rotatable bonds is 2. The number of halogens is 1. The van der Waals surface area contributed by atoms with E-state index >= 15 is 0 Å². The van der Waals surface area contributed by atoms with E-state index in [0.717, 1.165) is 28.6 Å². The van der Waals surface area contributed by atoms with Crippen molar-refractivity contribution in [3.8, 4) is 5.75 Å². The Kier molecular flexibility index (Phi) is 2.62. The van der Waals surface area contributed by atoms with E-state index in [1.807, 2.05) is 18.2 Å². The molecule has 17 heavy (non-hydrogen) atoms. The highest BCUT2D eigenvalue weighted by molar-refractivity contribution is 9.10. The van der Waals surface area contributed by atoms with Crippen LogP contribution in [0.4, 0.5) is 0 Å². The first-order chi connectivity index (χ1) is 8.16. The van der Waals surface area contributed by atoms with E-state index in [9.17, 15) is 9.90 Å². The number of ether oxygens (including phenoxy) is 1. The molecule has 1 aromatic rings. The van der Waals surface area contributed by atoms with Crippen molar-refractivity contribution in [3.05, 3.63) is 28.2 Å². The van der Waals surface area contributed by atoms with Crippen molar-refractivity contribution in [3.63, 3.8) is 0 Å². The molecular formula is C13H13BrO3. The molecule has 1 aliphatic heterocycles. The van der Waals surface area contributed by atoms with Crippen LogP contribution in [-0.2, 0) is 11.2 Å². The molecular weight excluding hydrogens is 284 g/mol. The predicted molar refractivity (Wildman–Crippen MR) is 66.1 cm³/mol. The van der Waals surface area contributed by atoms with E-state index in [4.69, 9.17) is 4.74 Å². The lowest BCUT2D eigenvalue weighted by molar-refractivity contribution is -0.146. The number of aliphatic carboxylic acids is 1. The van der Waals surface area contributed by atoms with Crippen molar-refractivity contribution in [1.82, 2.24) is 0 Å². The molecule has 90 valence electrons. The number of carbonyl (C=O) groups is 1. The van der Waals surface area contributed by atoms with Crippen molar-refractivity contribution < 1.29 is 14.6 Å². The zero-order valence-electron chi connectivity index (χ0n) is 9.23. The number of carboxylic acid groups (broad SMARTS) is 1. The summed E-state index contributed by atoms with van der Waals surface area (Å²) in [4.78, 5) is 11.3. The molecule has 2 atom stereocenters. The van der Waals surface area contributed by atoms with E-state index in [-0.39, 0.29) is 6.10 Å². The lowest BCUT2D eigenvalue weighted by Crippen LogP contribution is -2.39. The van der Waals surface area contributed by atoms with Crippen molar-refractivity contribution in [2.45, 2.75) is 25.4 Å². The van der Waals surface area contributed by atoms with Crippen LogP contribution in [0.5, 0.6) is 5.75 Å². The van der Waals surface area contributed by atoms with Crippen LogP contribution in [0.2, 0.25) is 0 Å². The Morgan fingerprint density at radius 1 is 1.41 bits per heavy atom. The Morgan fingerprint density at radius 2 is 2.18 bits per heavy atom. The number of benzene rings is 1. The summed E-state index contributed by atoms with van der Waals surface area (Å²) in [6, 6.07) is 5.80. The summed E-state index contributed by atoms with van der Waals surface area (Å²) in [6.45, 7) is 0. The first kappa shape index (κ1) is 11.1. The number of hydrogen-bond donors (Lipinski definition) is 1. The number of para-hydroxylation sites is 1. The summed E-state index contributed by atoms with van der Waals surface area (Å²) in [5, 5.41) is 9.29. The zero-order valence-corrected chi connectivity index (χ0v) is 10.8. The van der Waals surface area contributed by atoms with Gasteiger partial charge in [0.25, 0.3) is 0 Å². The van der Waals surface area contributed by atoms with Crippen LogP contribution in [0.3, 0.4) is 0 Å². The summed E-state index contributed by atoms with van der Waals surface area (Å²) in [5.41, 5.74) is 0.990. The van der Waals surface area contributed by atoms with Crippen LogP contribution in [0.1, 0.15) is 18.4 Å². The van der Waals surface area contributed by atoms with Gasteiger partial charge in [0.05, 0.1) is 10.4 Å². The van der Waals surface area contributed by atoms with Gasteiger partial charge in [-0.3, -0.25) is 4.79 Å². The Hall–Kier alpha value is -1.03. The van der Waals surface area contributed by atoms with Gasteiger partial charge in [-0.05, 0) is 52.7 Å². The molecule has 0 aromatic heterocycles. The van der Waals surface area contributed by atoms with Crippen LogP contribution < -0.4 is 4.74 Å². The van der Waals surface area contributed by atoms with Crippen molar-refractivity contribution >= 4 is 21.9 Å². The molecule has 3 nitrogen and oxygen atoms in total. The summed E-state index contributed by atoms with van der Waals surface area (Å²) < 4.78 is 6.85. The van der Waals surface area contributed by atoms with Gasteiger partial charge in [-0.25, -0.2) is 0 Å². The molecule has 1 fully saturated rings. The van der Waals surface area contributed by atoms with Gasteiger partial charge < -0.3 is 9.84 Å². The third-order valence-electron chi connectivity index (χ3n) is 3.54. The molecule has 0 amide bonds. The largest absolute Gasteiger partial charge is 0.488 e. The van der Waals surface area contributed by atoms with E-state index in [1.165, 1.54) is 0 Å². The van der Waals surface area contributed by atoms with Crippen LogP contribution in [0.25, 0.3) is 0 Å². The Morgan fingerprint density at radius 3 is 2.82 bits per heavy atom. The topological polar surface area (TPSA) is 46.5 Å². The molecule has 4 heteroatoms. The van der Waals surface area contributed by atoms with Gasteiger partial charge in [0.2, 0.25) is 0 Å². The fourth-order valence-electron chi connectivity index (χ4n) is 2.49. The third-order valence-corrected chi connectivity index (χ3v) is 4.17. The van der Waals surface area contributed by atoms with Crippen molar-refractivity contribution in [2.24, 2.45) is 11.8 Å². The van der Waals surface area contributed by atoms with Gasteiger partial charge in [-0.1, -0.05) is 12.1 Å². The normalized spacial score (nSPS) is 27.1. The van der Waals surface area contributed by atoms with Crippen LogP contribution >= 0.6 is 15.9 Å². The maximum Gasteiger partial charge on any atom is 0.310 e. The summed E-state index contributed by atoms with van der Waals surface area (Å²) >= 11 is 3.46.